The fourth-order valence-electron chi connectivity index (χ4n) is 0.813. The molecule has 0 aliphatic heterocycles. The zero-order chi connectivity index (χ0) is 11.3. The Morgan fingerprint density at radius 3 is 2.93 bits per heavy atom. The molecule has 1 aromatic heterocycles. The van der Waals surface area contributed by atoms with Gasteiger partial charge in [-0.2, -0.15) is 0 Å². The van der Waals surface area contributed by atoms with Gasteiger partial charge in [0.2, 0.25) is 0 Å². The second kappa shape index (κ2) is 5.85. The normalized spacial score (nSPS) is 12.2. The van der Waals surface area contributed by atoms with Crippen molar-refractivity contribution in [1.29, 1.82) is 0 Å². The summed E-state index contributed by atoms with van der Waals surface area (Å²) < 4.78 is 0. The molecule has 15 heavy (non-hydrogen) atoms. The van der Waals surface area contributed by atoms with E-state index in [1.165, 1.54) is 12.4 Å². The molecular formula is C8H9Cl2N3O2. The van der Waals surface area contributed by atoms with E-state index in [9.17, 15) is 4.79 Å². The van der Waals surface area contributed by atoms with Gasteiger partial charge < -0.3 is 10.4 Å². The Morgan fingerprint density at radius 2 is 2.33 bits per heavy atom. The van der Waals surface area contributed by atoms with Gasteiger partial charge in [-0.25, -0.2) is 9.97 Å². The Hall–Kier alpha value is -0.910. The highest BCUT2D eigenvalue weighted by atomic mass is 35.5. The van der Waals surface area contributed by atoms with Crippen LogP contribution >= 0.6 is 23.2 Å². The van der Waals surface area contributed by atoms with Crippen molar-refractivity contribution in [3.05, 3.63) is 23.2 Å². The summed E-state index contributed by atoms with van der Waals surface area (Å²) >= 11 is 10.9. The Bertz CT molecular complexity index is 348. The lowest BCUT2D eigenvalue weighted by Crippen LogP contribution is -2.33. The van der Waals surface area contributed by atoms with Gasteiger partial charge in [-0.05, 0) is 0 Å². The number of nitrogens with zero attached hydrogens (tertiary/aromatic N) is 2. The van der Waals surface area contributed by atoms with Crippen LogP contribution in [-0.2, 0) is 0 Å². The van der Waals surface area contributed by atoms with Gasteiger partial charge in [-0.1, -0.05) is 11.6 Å². The molecule has 0 spiro atoms. The maximum Gasteiger partial charge on any atom is 0.270 e. The summed E-state index contributed by atoms with van der Waals surface area (Å²) in [5, 5.41) is 11.7. The fraction of sp³-hybridized carbons (Fsp3) is 0.375. The molecular weight excluding hydrogens is 241 g/mol. The van der Waals surface area contributed by atoms with Crippen LogP contribution in [0.4, 0.5) is 0 Å². The van der Waals surface area contributed by atoms with E-state index < -0.39 is 12.0 Å². The largest absolute Gasteiger partial charge is 0.390 e. The minimum Gasteiger partial charge on any atom is -0.390 e. The van der Waals surface area contributed by atoms with E-state index in [1.807, 2.05) is 0 Å². The van der Waals surface area contributed by atoms with E-state index in [2.05, 4.69) is 15.3 Å². The Labute approximate surface area is 96.4 Å². The van der Waals surface area contributed by atoms with Crippen LogP contribution in [0, 0.1) is 0 Å². The topological polar surface area (TPSA) is 75.1 Å². The van der Waals surface area contributed by atoms with Gasteiger partial charge in [-0.3, -0.25) is 4.79 Å². The lowest BCUT2D eigenvalue weighted by atomic mass is 10.3. The summed E-state index contributed by atoms with van der Waals surface area (Å²) in [6.45, 7) is 0.0734. The number of carbonyl (C=O) groups excluding carboxylic acids is 1. The number of aliphatic hydroxyl groups excluding tert-OH is 1. The number of aliphatic hydroxyl groups is 1. The molecule has 1 heterocycles. The second-order valence-electron chi connectivity index (χ2n) is 2.74. The van der Waals surface area contributed by atoms with E-state index in [0.29, 0.717) is 0 Å². The molecule has 7 heteroatoms. The van der Waals surface area contributed by atoms with Crippen LogP contribution in [0.1, 0.15) is 10.5 Å². The highest BCUT2D eigenvalue weighted by molar-refractivity contribution is 6.29. The first-order valence-corrected chi connectivity index (χ1v) is 5.04. The molecule has 0 fully saturated rings. The number of hydrogen-bond acceptors (Lipinski definition) is 4. The van der Waals surface area contributed by atoms with Crippen molar-refractivity contribution in [2.24, 2.45) is 0 Å². The molecule has 0 radical (unpaired) electrons. The first kappa shape index (κ1) is 12.2. The van der Waals surface area contributed by atoms with Crippen molar-refractivity contribution in [3.8, 4) is 0 Å². The minimum atomic E-state index is -0.770. The Kier molecular flexibility index (Phi) is 4.74. The standard InChI is InChI=1S/C8H9Cl2N3O2/c9-2-5(14)3-11-8(15)6-1-7(10)13-4-12-6/h1,4-5,14H,2-3H2,(H,11,15)/t5-/m0/s1. The molecule has 1 atom stereocenters. The van der Waals surface area contributed by atoms with Crippen molar-refractivity contribution in [3.63, 3.8) is 0 Å². The van der Waals surface area contributed by atoms with Crippen LogP contribution in [0.15, 0.2) is 12.4 Å². The highest BCUT2D eigenvalue weighted by Gasteiger charge is 2.09. The molecule has 0 unspecified atom stereocenters. The van der Waals surface area contributed by atoms with Gasteiger partial charge in [0.05, 0.1) is 12.0 Å². The minimum absolute atomic E-state index is 0.0603. The van der Waals surface area contributed by atoms with E-state index in [1.54, 1.807) is 0 Å². The predicted octanol–water partition coefficient (Wildman–Crippen LogP) is 0.459. The third-order valence-electron chi connectivity index (χ3n) is 1.54. The quantitative estimate of drug-likeness (QED) is 0.601. The fourth-order valence-corrected chi connectivity index (χ4v) is 1.07. The molecule has 0 aliphatic carbocycles. The predicted molar refractivity (Wildman–Crippen MR) is 56.1 cm³/mol. The van der Waals surface area contributed by atoms with Crippen LogP contribution in [0.5, 0.6) is 0 Å². The average Bonchev–Trinajstić information content (AvgIpc) is 2.25. The molecule has 0 aliphatic rings. The van der Waals surface area contributed by atoms with E-state index in [4.69, 9.17) is 28.3 Å². The van der Waals surface area contributed by atoms with Crippen LogP contribution in [-0.4, -0.2) is 39.5 Å². The maximum atomic E-state index is 11.4. The van der Waals surface area contributed by atoms with Crippen molar-refractivity contribution < 1.29 is 9.90 Å². The molecule has 82 valence electrons. The smallest absolute Gasteiger partial charge is 0.270 e. The number of aromatic nitrogens is 2. The summed E-state index contributed by atoms with van der Waals surface area (Å²) in [6.07, 6.45) is 0.419. The second-order valence-corrected chi connectivity index (χ2v) is 3.44. The molecule has 1 aromatic rings. The molecule has 0 aromatic carbocycles. The molecule has 0 saturated carbocycles. The number of hydrogen-bond donors (Lipinski definition) is 2. The monoisotopic (exact) mass is 249 g/mol. The summed E-state index contributed by atoms with van der Waals surface area (Å²) in [7, 11) is 0. The van der Waals surface area contributed by atoms with Crippen molar-refractivity contribution >= 4 is 29.1 Å². The number of carbonyl (C=O) groups is 1. The zero-order valence-electron chi connectivity index (χ0n) is 7.65. The van der Waals surface area contributed by atoms with Gasteiger partial charge in [-0.15, -0.1) is 11.6 Å². The SMILES string of the molecule is O=C(NC[C@@H](O)CCl)c1cc(Cl)ncn1. The average molecular weight is 250 g/mol. The molecule has 1 amide bonds. The summed E-state index contributed by atoms with van der Waals surface area (Å²) in [5.41, 5.74) is 0.150. The number of rotatable bonds is 4. The highest BCUT2D eigenvalue weighted by Crippen LogP contribution is 2.03. The first-order chi connectivity index (χ1) is 7.13. The van der Waals surface area contributed by atoms with E-state index in [-0.39, 0.29) is 23.3 Å². The van der Waals surface area contributed by atoms with Gasteiger partial charge >= 0.3 is 0 Å². The maximum absolute atomic E-state index is 11.4. The van der Waals surface area contributed by atoms with Crippen LogP contribution in [0.2, 0.25) is 5.15 Å². The zero-order valence-corrected chi connectivity index (χ0v) is 9.16. The van der Waals surface area contributed by atoms with Gasteiger partial charge in [0.1, 0.15) is 17.2 Å². The van der Waals surface area contributed by atoms with Gasteiger partial charge in [0.25, 0.3) is 5.91 Å². The number of amides is 1. The number of alkyl halides is 1. The summed E-state index contributed by atoms with van der Waals surface area (Å²) in [6, 6.07) is 1.34. The first-order valence-electron chi connectivity index (χ1n) is 4.13. The Balaban J connectivity index is 2.54. The molecule has 0 bridgehead atoms. The Morgan fingerprint density at radius 1 is 1.60 bits per heavy atom. The molecule has 1 rings (SSSR count). The van der Waals surface area contributed by atoms with Crippen molar-refractivity contribution in [2.75, 3.05) is 12.4 Å². The van der Waals surface area contributed by atoms with E-state index >= 15 is 0 Å². The summed E-state index contributed by atoms with van der Waals surface area (Å²) in [4.78, 5) is 18.8. The molecule has 5 nitrogen and oxygen atoms in total. The van der Waals surface area contributed by atoms with Gasteiger partial charge in [0, 0.05) is 12.6 Å². The van der Waals surface area contributed by atoms with Crippen molar-refractivity contribution in [1.82, 2.24) is 15.3 Å². The number of nitrogens with one attached hydrogen (secondary N) is 1. The van der Waals surface area contributed by atoms with Crippen LogP contribution < -0.4 is 5.32 Å². The third-order valence-corrected chi connectivity index (χ3v) is 2.11. The van der Waals surface area contributed by atoms with Crippen LogP contribution in [0.3, 0.4) is 0 Å². The molecule has 0 saturated heterocycles. The summed E-state index contributed by atoms with van der Waals surface area (Å²) in [5.74, 6) is -0.367. The van der Waals surface area contributed by atoms with Crippen LogP contribution in [0.25, 0.3) is 0 Å². The van der Waals surface area contributed by atoms with Crippen molar-refractivity contribution in [2.45, 2.75) is 6.10 Å². The van der Waals surface area contributed by atoms with Gasteiger partial charge in [0.15, 0.2) is 0 Å². The lowest BCUT2D eigenvalue weighted by Gasteiger charge is -2.07. The number of halogens is 2. The lowest BCUT2D eigenvalue weighted by molar-refractivity contribution is 0.0920. The van der Waals surface area contributed by atoms with E-state index in [0.717, 1.165) is 0 Å². The molecule has 2 N–H and O–H groups in total. The third kappa shape index (κ3) is 3.99.